The number of fused-ring (bicyclic) bond motifs is 4. The van der Waals surface area contributed by atoms with Crippen LogP contribution >= 0.6 is 0 Å². The molecule has 0 N–H and O–H groups in total. The molecule has 0 amide bonds. The van der Waals surface area contributed by atoms with Crippen LogP contribution in [-0.4, -0.2) is 19.9 Å². The highest BCUT2D eigenvalue weighted by molar-refractivity contribution is 6.09. The molecule has 5 nitrogen and oxygen atoms in total. The van der Waals surface area contributed by atoms with E-state index < -0.39 is 0 Å². The van der Waals surface area contributed by atoms with Crippen LogP contribution in [0.3, 0.4) is 0 Å². The van der Waals surface area contributed by atoms with Gasteiger partial charge in [0.05, 0.1) is 11.1 Å². The van der Waals surface area contributed by atoms with E-state index in [1.807, 2.05) is 72.9 Å². The number of aromatic nitrogens is 4. The van der Waals surface area contributed by atoms with Crippen LogP contribution in [0.15, 0.2) is 187 Å². The van der Waals surface area contributed by atoms with E-state index in [-0.39, 0.29) is 0 Å². The molecule has 10 aromatic rings. The Labute approximate surface area is 305 Å². The molecule has 0 aliphatic carbocycles. The van der Waals surface area contributed by atoms with Gasteiger partial charge in [-0.25, -0.2) is 15.0 Å². The van der Waals surface area contributed by atoms with Gasteiger partial charge in [0.25, 0.3) is 0 Å². The van der Waals surface area contributed by atoms with Gasteiger partial charge < -0.3 is 4.42 Å². The summed E-state index contributed by atoms with van der Waals surface area (Å²) in [5, 5.41) is 3.18. The predicted molar refractivity (Wildman–Crippen MR) is 215 cm³/mol. The highest BCUT2D eigenvalue weighted by Crippen LogP contribution is 2.39. The van der Waals surface area contributed by atoms with Gasteiger partial charge in [-0.05, 0) is 63.7 Å². The van der Waals surface area contributed by atoms with Crippen molar-refractivity contribution in [1.82, 2.24) is 19.9 Å². The average Bonchev–Trinajstić information content (AvgIpc) is 3.63. The van der Waals surface area contributed by atoms with Crippen LogP contribution < -0.4 is 0 Å². The molecule has 7 aromatic carbocycles. The Morgan fingerprint density at radius 3 is 1.75 bits per heavy atom. The van der Waals surface area contributed by atoms with E-state index in [1.54, 1.807) is 0 Å². The first-order valence-electron chi connectivity index (χ1n) is 17.6. The number of furan rings is 1. The number of nitrogens with zero attached hydrogens (tertiary/aromatic N) is 4. The quantitative estimate of drug-likeness (QED) is 0.175. The van der Waals surface area contributed by atoms with Gasteiger partial charge >= 0.3 is 0 Å². The number of pyridine rings is 1. The van der Waals surface area contributed by atoms with Gasteiger partial charge in [-0.3, -0.25) is 4.98 Å². The van der Waals surface area contributed by atoms with Crippen molar-refractivity contribution >= 4 is 32.8 Å². The average molecular weight is 679 g/mol. The molecule has 10 rings (SSSR count). The third-order valence-electron chi connectivity index (χ3n) is 9.81. The summed E-state index contributed by atoms with van der Waals surface area (Å²) in [6.07, 6.45) is 1.88. The molecule has 0 saturated heterocycles. The second-order valence-corrected chi connectivity index (χ2v) is 13.0. The molecule has 0 saturated carbocycles. The van der Waals surface area contributed by atoms with Crippen LogP contribution in [0.25, 0.3) is 100 Å². The summed E-state index contributed by atoms with van der Waals surface area (Å²) in [5.74, 6) is 1.73. The molecule has 0 fully saturated rings. The van der Waals surface area contributed by atoms with Crippen molar-refractivity contribution in [2.75, 3.05) is 0 Å². The van der Waals surface area contributed by atoms with Crippen LogP contribution in [0.1, 0.15) is 0 Å². The molecule has 248 valence electrons. The summed E-state index contributed by atoms with van der Waals surface area (Å²) in [6.45, 7) is 0. The van der Waals surface area contributed by atoms with Crippen molar-refractivity contribution in [1.29, 1.82) is 0 Å². The van der Waals surface area contributed by atoms with Crippen molar-refractivity contribution in [2.24, 2.45) is 0 Å². The topological polar surface area (TPSA) is 64.7 Å². The zero-order valence-corrected chi connectivity index (χ0v) is 28.5. The maximum atomic E-state index is 6.42. The Morgan fingerprint density at radius 2 is 0.925 bits per heavy atom. The second kappa shape index (κ2) is 12.8. The highest BCUT2D eigenvalue weighted by Gasteiger charge is 2.18. The maximum absolute atomic E-state index is 6.42. The van der Waals surface area contributed by atoms with Gasteiger partial charge in [0.2, 0.25) is 0 Å². The summed E-state index contributed by atoms with van der Waals surface area (Å²) in [6, 6.07) is 60.4. The molecule has 3 heterocycles. The Kier molecular flexibility index (Phi) is 7.40. The number of hydrogen-bond acceptors (Lipinski definition) is 5. The summed E-state index contributed by atoms with van der Waals surface area (Å²) < 4.78 is 6.42. The van der Waals surface area contributed by atoms with Crippen LogP contribution in [0.4, 0.5) is 0 Å². The van der Waals surface area contributed by atoms with Crippen LogP contribution in [0.5, 0.6) is 0 Å². The minimum absolute atomic E-state index is 0.555. The zero-order valence-electron chi connectivity index (χ0n) is 28.5. The van der Waals surface area contributed by atoms with E-state index in [0.717, 1.165) is 71.8 Å². The minimum atomic E-state index is 0.555. The van der Waals surface area contributed by atoms with Crippen LogP contribution in [0.2, 0.25) is 0 Å². The normalized spacial score (nSPS) is 11.4. The lowest BCUT2D eigenvalue weighted by Gasteiger charge is -2.14. The Hall–Kier alpha value is -7.24. The van der Waals surface area contributed by atoms with Crippen LogP contribution in [-0.2, 0) is 0 Å². The summed E-state index contributed by atoms with van der Waals surface area (Å²) in [7, 11) is 0. The van der Waals surface area contributed by atoms with Crippen molar-refractivity contribution in [3.05, 3.63) is 182 Å². The lowest BCUT2D eigenvalue weighted by atomic mass is 9.92. The van der Waals surface area contributed by atoms with Crippen molar-refractivity contribution in [3.8, 4) is 67.5 Å². The number of hydrogen-bond donors (Lipinski definition) is 0. The van der Waals surface area contributed by atoms with Gasteiger partial charge in [-0.15, -0.1) is 0 Å². The fraction of sp³-hybridized carbons (Fsp3) is 0. The summed E-state index contributed by atoms with van der Waals surface area (Å²) in [4.78, 5) is 20.0. The van der Waals surface area contributed by atoms with Gasteiger partial charge in [0, 0.05) is 33.5 Å². The fourth-order valence-electron chi connectivity index (χ4n) is 7.25. The molecule has 5 heteroatoms. The molecule has 0 aliphatic rings. The predicted octanol–water partition coefficient (Wildman–Crippen LogP) is 12.3. The zero-order chi connectivity index (χ0) is 35.1. The number of rotatable bonds is 6. The first-order valence-corrected chi connectivity index (χ1v) is 17.6. The molecule has 0 aliphatic heterocycles. The van der Waals surface area contributed by atoms with Crippen molar-refractivity contribution < 1.29 is 4.42 Å². The molecule has 0 radical (unpaired) electrons. The van der Waals surface area contributed by atoms with Crippen molar-refractivity contribution in [2.45, 2.75) is 0 Å². The van der Waals surface area contributed by atoms with Crippen molar-refractivity contribution in [3.63, 3.8) is 0 Å². The third-order valence-corrected chi connectivity index (χ3v) is 9.81. The van der Waals surface area contributed by atoms with Gasteiger partial charge in [0.15, 0.2) is 17.5 Å². The molecule has 3 aromatic heterocycles. The van der Waals surface area contributed by atoms with E-state index in [9.17, 15) is 0 Å². The maximum Gasteiger partial charge on any atom is 0.167 e. The Morgan fingerprint density at radius 1 is 0.358 bits per heavy atom. The Bertz CT molecular complexity index is 2930. The standard InChI is InChI=1S/C48H30N4O/c1-3-12-31(13-4-1)32-24-26-33(27-25-32)37-19-11-22-42-44(37)38(28-29-49-42)35-16-9-17-36(30-35)47-50-46(34-14-5-2-6-15-34)51-48(52-47)41-21-10-20-40-39-18-7-8-23-43(39)53-45(40)41/h1-30H. The summed E-state index contributed by atoms with van der Waals surface area (Å²) in [5.41, 5.74) is 11.9. The van der Waals surface area contributed by atoms with E-state index in [1.165, 1.54) is 11.1 Å². The number of benzene rings is 7. The largest absolute Gasteiger partial charge is 0.455 e. The van der Waals surface area contributed by atoms with E-state index in [4.69, 9.17) is 24.4 Å². The lowest BCUT2D eigenvalue weighted by Crippen LogP contribution is -2.00. The fourth-order valence-corrected chi connectivity index (χ4v) is 7.25. The first-order chi connectivity index (χ1) is 26.3. The smallest absolute Gasteiger partial charge is 0.167 e. The Balaban J connectivity index is 1.12. The van der Waals surface area contributed by atoms with Crippen LogP contribution in [0, 0.1) is 0 Å². The monoisotopic (exact) mass is 678 g/mol. The molecule has 53 heavy (non-hydrogen) atoms. The lowest BCUT2D eigenvalue weighted by molar-refractivity contribution is 0.669. The van der Waals surface area contributed by atoms with Gasteiger partial charge in [0.1, 0.15) is 11.2 Å². The molecule has 0 atom stereocenters. The SMILES string of the molecule is c1ccc(-c2ccc(-c3cccc4nccc(-c5cccc(-c6nc(-c7ccccc7)nc(-c7cccc8c7oc7ccccc78)n6)c5)c34)cc2)cc1. The molecular weight excluding hydrogens is 649 g/mol. The molecular formula is C48H30N4O. The van der Waals surface area contributed by atoms with Gasteiger partial charge in [-0.2, -0.15) is 0 Å². The first kappa shape index (κ1) is 30.6. The van der Waals surface area contributed by atoms with E-state index >= 15 is 0 Å². The highest BCUT2D eigenvalue weighted by atomic mass is 16.3. The minimum Gasteiger partial charge on any atom is -0.455 e. The third kappa shape index (κ3) is 5.52. The molecule has 0 bridgehead atoms. The molecule has 0 spiro atoms. The van der Waals surface area contributed by atoms with E-state index in [0.29, 0.717) is 17.5 Å². The summed E-state index contributed by atoms with van der Waals surface area (Å²) >= 11 is 0. The van der Waals surface area contributed by atoms with Gasteiger partial charge in [-0.1, -0.05) is 146 Å². The molecule has 0 unspecified atom stereocenters. The number of para-hydroxylation sites is 2. The second-order valence-electron chi connectivity index (χ2n) is 13.0. The van der Waals surface area contributed by atoms with E-state index in [2.05, 4.69) is 109 Å².